The number of aromatic nitrogens is 4. The maximum Gasteiger partial charge on any atom is 0.448 e. The van der Waals surface area contributed by atoms with Gasteiger partial charge in [-0.1, -0.05) is 72.8 Å². The van der Waals surface area contributed by atoms with Crippen LogP contribution < -0.4 is 9.13 Å². The summed E-state index contributed by atoms with van der Waals surface area (Å²) in [5.74, 6) is 0.492. The summed E-state index contributed by atoms with van der Waals surface area (Å²) in [6, 6.07) is 32.6. The summed E-state index contributed by atoms with van der Waals surface area (Å²) in [6.45, 7) is 1.94. The minimum atomic E-state index is -4.29. The topological polar surface area (TPSA) is 91.1 Å². The molecule has 0 unspecified atom stereocenters. The number of aryl methyl sites for hydroxylation is 2. The van der Waals surface area contributed by atoms with Crippen LogP contribution in [0.2, 0.25) is 0 Å². The average Bonchev–Trinajstić information content (AvgIpc) is 3.10. The van der Waals surface area contributed by atoms with Gasteiger partial charge in [0.05, 0.1) is 17.5 Å². The van der Waals surface area contributed by atoms with Crippen molar-refractivity contribution < 1.29 is 36.7 Å². The van der Waals surface area contributed by atoms with E-state index in [1.807, 2.05) is 66.7 Å². The molecule has 7 nitrogen and oxygen atoms in total. The van der Waals surface area contributed by atoms with Crippen molar-refractivity contribution in [1.29, 1.82) is 0 Å². The van der Waals surface area contributed by atoms with Gasteiger partial charge >= 0.3 is 13.8 Å². The van der Waals surface area contributed by atoms with E-state index in [-0.39, 0.29) is 12.6 Å². The molecule has 0 aliphatic heterocycles. The summed E-state index contributed by atoms with van der Waals surface area (Å²) in [7, 11) is -4.11. The second-order valence-electron chi connectivity index (χ2n) is 11.7. The number of hydrogen-bond donors (Lipinski definition) is 2. The van der Waals surface area contributed by atoms with Gasteiger partial charge in [-0.2, -0.15) is 17.7 Å². The Bertz CT molecular complexity index is 2080. The molecule has 0 fully saturated rings. The number of hydrogen-bond acceptors (Lipinski definition) is 3. The molecule has 248 valence electrons. The molecular formula is C38H34F3N4O3P+2. The van der Waals surface area contributed by atoms with Crippen LogP contribution in [0.4, 0.5) is 13.2 Å². The normalized spacial score (nSPS) is 11.9. The molecule has 0 radical (unpaired) electrons. The summed E-state index contributed by atoms with van der Waals surface area (Å²) >= 11 is 0. The van der Waals surface area contributed by atoms with Crippen molar-refractivity contribution >= 4 is 7.60 Å². The standard InChI is InChI=1S/C38H32F3N4O3P/c1-2-44-20-15-30(16-21-44)28-7-11-32(12-8-28)35-25-36(43-37(42-35)34-5-3-27(4-6-34)19-24-49(46,47)48)33-13-9-29(10-14-33)31-17-22-45(23-18-31)26-38(39,40)41/h3-18,20-23,25H,2,19,24,26H2,1H3/p+2. The Morgan fingerprint density at radius 2 is 1.02 bits per heavy atom. The van der Waals surface area contributed by atoms with Crippen LogP contribution in [0, 0.1) is 0 Å². The van der Waals surface area contributed by atoms with E-state index in [0.717, 1.165) is 61.3 Å². The number of alkyl halides is 3. The molecule has 0 spiro atoms. The Balaban J connectivity index is 1.33. The second kappa shape index (κ2) is 14.2. The lowest BCUT2D eigenvalue weighted by atomic mass is 10.0. The molecule has 3 heterocycles. The number of rotatable bonds is 10. The summed E-state index contributed by atoms with van der Waals surface area (Å²) in [4.78, 5) is 28.4. The fourth-order valence-corrected chi connectivity index (χ4v) is 6.01. The average molecular weight is 683 g/mol. The fourth-order valence-electron chi connectivity index (χ4n) is 5.46. The van der Waals surface area contributed by atoms with E-state index >= 15 is 0 Å². The molecule has 11 heteroatoms. The van der Waals surface area contributed by atoms with Crippen LogP contribution in [0.3, 0.4) is 0 Å². The third-order valence-corrected chi connectivity index (χ3v) is 8.97. The predicted molar refractivity (Wildman–Crippen MR) is 182 cm³/mol. The zero-order chi connectivity index (χ0) is 34.6. The summed E-state index contributed by atoms with van der Waals surface area (Å²) in [5, 5.41) is 0. The van der Waals surface area contributed by atoms with Crippen molar-refractivity contribution in [2.24, 2.45) is 0 Å². The number of benzene rings is 3. The van der Waals surface area contributed by atoms with Gasteiger partial charge in [-0.25, -0.2) is 14.5 Å². The van der Waals surface area contributed by atoms with Crippen molar-refractivity contribution in [3.8, 4) is 56.2 Å². The molecule has 0 saturated heterocycles. The molecule has 0 atom stereocenters. The van der Waals surface area contributed by atoms with E-state index in [1.165, 1.54) is 12.4 Å². The first kappa shape index (κ1) is 33.9. The summed E-state index contributed by atoms with van der Waals surface area (Å²) in [5.41, 5.74) is 8.51. The number of nitrogens with zero attached hydrogens (tertiary/aromatic N) is 4. The largest absolute Gasteiger partial charge is 0.448 e. The molecule has 49 heavy (non-hydrogen) atoms. The van der Waals surface area contributed by atoms with Crippen molar-refractivity contribution in [3.05, 3.63) is 133 Å². The Kier molecular flexibility index (Phi) is 9.83. The van der Waals surface area contributed by atoms with Crippen LogP contribution in [-0.2, 0) is 24.1 Å². The highest BCUT2D eigenvalue weighted by Gasteiger charge is 2.33. The summed E-state index contributed by atoms with van der Waals surface area (Å²) in [6.07, 6.45) is 2.67. The maximum absolute atomic E-state index is 12.8. The third-order valence-electron chi connectivity index (χ3n) is 8.17. The molecular weight excluding hydrogens is 648 g/mol. The Morgan fingerprint density at radius 1 is 0.612 bits per heavy atom. The lowest BCUT2D eigenvalue weighted by molar-refractivity contribution is -0.719. The van der Waals surface area contributed by atoms with Crippen LogP contribution in [0.1, 0.15) is 12.5 Å². The quantitative estimate of drug-likeness (QED) is 0.114. The minimum Gasteiger partial charge on any atom is -0.324 e. The first-order chi connectivity index (χ1) is 23.4. The molecule has 2 N–H and O–H groups in total. The molecule has 0 bridgehead atoms. The SMILES string of the molecule is CC[n+]1ccc(-c2ccc(-c3cc(-c4ccc(-c5cc[n+](CC(F)(F)F)cc5)cc4)nc(-c4ccc(CCP(=O)(O)O)cc4)n3)cc2)cc1. The van der Waals surface area contributed by atoms with Crippen LogP contribution in [0.5, 0.6) is 0 Å². The number of halogens is 3. The van der Waals surface area contributed by atoms with E-state index in [0.29, 0.717) is 11.5 Å². The van der Waals surface area contributed by atoms with Gasteiger partial charge in [0.25, 0.3) is 0 Å². The van der Waals surface area contributed by atoms with E-state index in [4.69, 9.17) is 9.97 Å². The smallest absolute Gasteiger partial charge is 0.324 e. The van der Waals surface area contributed by atoms with Gasteiger partial charge in [-0.3, -0.25) is 4.57 Å². The number of pyridine rings is 2. The Morgan fingerprint density at radius 3 is 1.45 bits per heavy atom. The molecule has 3 aromatic heterocycles. The summed E-state index contributed by atoms with van der Waals surface area (Å²) < 4.78 is 52.9. The minimum absolute atomic E-state index is 0.230. The zero-order valence-electron chi connectivity index (χ0n) is 26.6. The molecule has 6 aromatic rings. The predicted octanol–water partition coefficient (Wildman–Crippen LogP) is 7.69. The highest BCUT2D eigenvalue weighted by molar-refractivity contribution is 7.51. The van der Waals surface area contributed by atoms with Crippen molar-refractivity contribution in [3.63, 3.8) is 0 Å². The van der Waals surface area contributed by atoms with E-state index in [9.17, 15) is 27.5 Å². The van der Waals surface area contributed by atoms with Crippen LogP contribution in [0.15, 0.2) is 128 Å². The molecule has 3 aromatic carbocycles. The van der Waals surface area contributed by atoms with Gasteiger partial charge in [0, 0.05) is 41.0 Å². The van der Waals surface area contributed by atoms with Crippen LogP contribution in [0.25, 0.3) is 56.2 Å². The molecule has 0 saturated carbocycles. The van der Waals surface area contributed by atoms with Gasteiger partial charge in [-0.05, 0) is 47.2 Å². The molecule has 0 aliphatic carbocycles. The molecule has 0 aliphatic rings. The van der Waals surface area contributed by atoms with E-state index < -0.39 is 20.3 Å². The highest BCUT2D eigenvalue weighted by atomic mass is 31.2. The van der Waals surface area contributed by atoms with E-state index in [2.05, 4.69) is 48.1 Å². The van der Waals surface area contributed by atoms with Crippen LogP contribution in [-0.4, -0.2) is 32.1 Å². The maximum atomic E-state index is 12.8. The van der Waals surface area contributed by atoms with Gasteiger partial charge in [-0.15, -0.1) is 0 Å². The second-order valence-corrected chi connectivity index (χ2v) is 13.5. The van der Waals surface area contributed by atoms with Crippen molar-refractivity contribution in [1.82, 2.24) is 9.97 Å². The lowest BCUT2D eigenvalue weighted by Crippen LogP contribution is -2.40. The van der Waals surface area contributed by atoms with Gasteiger partial charge in [0.1, 0.15) is 6.54 Å². The third kappa shape index (κ3) is 8.91. The first-order valence-corrected chi connectivity index (χ1v) is 17.5. The highest BCUT2D eigenvalue weighted by Crippen LogP contribution is 2.35. The van der Waals surface area contributed by atoms with Gasteiger partial charge < -0.3 is 9.79 Å². The fraction of sp³-hybridized carbons (Fsp3) is 0.158. The van der Waals surface area contributed by atoms with Crippen LogP contribution >= 0.6 is 7.60 Å². The van der Waals surface area contributed by atoms with Gasteiger partial charge in [0.15, 0.2) is 30.6 Å². The Labute approximate surface area is 282 Å². The lowest BCUT2D eigenvalue weighted by Gasteiger charge is -2.11. The Hall–Kier alpha value is -5.02. The first-order valence-electron chi connectivity index (χ1n) is 15.7. The monoisotopic (exact) mass is 682 g/mol. The molecule has 6 rings (SSSR count). The van der Waals surface area contributed by atoms with E-state index in [1.54, 1.807) is 12.1 Å². The zero-order valence-corrected chi connectivity index (χ0v) is 27.5. The van der Waals surface area contributed by atoms with Crippen molar-refractivity contribution in [2.75, 3.05) is 6.16 Å². The van der Waals surface area contributed by atoms with Crippen molar-refractivity contribution in [2.45, 2.75) is 32.6 Å². The molecule has 0 amide bonds. The van der Waals surface area contributed by atoms with Gasteiger partial charge in [0.2, 0.25) is 6.54 Å².